The number of amides is 1. The lowest BCUT2D eigenvalue weighted by atomic mass is 9.67. The van der Waals surface area contributed by atoms with E-state index >= 15 is 0 Å². The number of carboxylic acid groups (broad SMARTS) is 1. The zero-order valence-corrected chi connectivity index (χ0v) is 17.2. The second-order valence-corrected chi connectivity index (χ2v) is 8.66. The Morgan fingerprint density at radius 2 is 1.67 bits per heavy atom. The molecule has 1 aliphatic rings. The molecule has 1 saturated heterocycles. The van der Waals surface area contributed by atoms with E-state index in [0.717, 1.165) is 18.2 Å². The van der Waals surface area contributed by atoms with Crippen LogP contribution in [0.15, 0.2) is 24.3 Å². The van der Waals surface area contributed by atoms with E-state index in [0.29, 0.717) is 0 Å². The molecule has 10 heteroatoms. The molecule has 1 heterocycles. The molecule has 1 aliphatic heterocycles. The van der Waals surface area contributed by atoms with Crippen LogP contribution in [0.4, 0.5) is 18.0 Å². The van der Waals surface area contributed by atoms with Crippen molar-refractivity contribution in [3.8, 4) is 0 Å². The zero-order chi connectivity index (χ0) is 23.1. The van der Waals surface area contributed by atoms with Gasteiger partial charge in [0.15, 0.2) is 5.92 Å². The first-order valence-electron chi connectivity index (χ1n) is 9.15. The molecule has 0 radical (unpaired) electrons. The number of ether oxygens (including phenoxy) is 2. The van der Waals surface area contributed by atoms with Crippen LogP contribution < -0.4 is 5.32 Å². The van der Waals surface area contributed by atoms with E-state index in [4.69, 9.17) is 9.47 Å². The van der Waals surface area contributed by atoms with Gasteiger partial charge in [-0.3, -0.25) is 9.59 Å². The van der Waals surface area contributed by atoms with E-state index in [1.54, 1.807) is 20.8 Å². The number of benzene rings is 1. The van der Waals surface area contributed by atoms with Crippen molar-refractivity contribution in [3.63, 3.8) is 0 Å². The van der Waals surface area contributed by atoms with Crippen molar-refractivity contribution in [2.24, 2.45) is 17.3 Å². The largest absolute Gasteiger partial charge is 0.465 e. The summed E-state index contributed by atoms with van der Waals surface area (Å²) in [5.74, 6) is -6.00. The van der Waals surface area contributed by atoms with Gasteiger partial charge in [0.1, 0.15) is 0 Å². The molecule has 1 unspecified atom stereocenters. The van der Waals surface area contributed by atoms with Gasteiger partial charge in [-0.2, -0.15) is 13.2 Å². The Labute approximate surface area is 171 Å². The van der Waals surface area contributed by atoms with Gasteiger partial charge in [0.05, 0.1) is 11.6 Å². The van der Waals surface area contributed by atoms with Gasteiger partial charge in [-0.1, -0.05) is 32.9 Å². The molecule has 0 saturated carbocycles. The first-order chi connectivity index (χ1) is 13.5. The predicted octanol–water partition coefficient (Wildman–Crippen LogP) is 4.13. The fourth-order valence-corrected chi connectivity index (χ4v) is 3.64. The van der Waals surface area contributed by atoms with Gasteiger partial charge in [0.25, 0.3) is 5.79 Å². The number of esters is 2. The smallest absolute Gasteiger partial charge is 0.416 e. The molecule has 2 atom stereocenters. The Balaban J connectivity index is 2.62. The van der Waals surface area contributed by atoms with E-state index in [1.165, 1.54) is 19.9 Å². The van der Waals surface area contributed by atoms with Crippen molar-refractivity contribution in [1.29, 1.82) is 0 Å². The summed E-state index contributed by atoms with van der Waals surface area (Å²) in [5, 5.41) is 11.5. The fourth-order valence-electron chi connectivity index (χ4n) is 3.64. The molecule has 0 spiro atoms. The Kier molecular flexibility index (Phi) is 6.11. The molecule has 2 rings (SSSR count). The maximum absolute atomic E-state index is 13.2. The monoisotopic (exact) mass is 431 g/mol. The van der Waals surface area contributed by atoms with Crippen molar-refractivity contribution < 1.29 is 42.1 Å². The SMILES string of the molecule is CC1(C)OC(=O)C([C@@H](C(NC(=O)O)c2cccc(C(F)(F)F)c2)C(C)(C)C)C(=O)O1. The number of halogens is 3. The molecule has 0 aromatic heterocycles. The lowest BCUT2D eigenvalue weighted by Gasteiger charge is -2.43. The van der Waals surface area contributed by atoms with Crippen LogP contribution in [-0.4, -0.2) is 28.9 Å². The van der Waals surface area contributed by atoms with Gasteiger partial charge in [0, 0.05) is 19.8 Å². The van der Waals surface area contributed by atoms with Gasteiger partial charge in [0.2, 0.25) is 0 Å². The molecule has 0 aliphatic carbocycles. The van der Waals surface area contributed by atoms with E-state index in [1.807, 2.05) is 0 Å². The van der Waals surface area contributed by atoms with E-state index < -0.39 is 58.9 Å². The van der Waals surface area contributed by atoms with Crippen LogP contribution in [-0.2, 0) is 25.2 Å². The molecule has 1 aromatic rings. The molecule has 7 nitrogen and oxygen atoms in total. The summed E-state index contributed by atoms with van der Waals surface area (Å²) in [4.78, 5) is 36.8. The summed E-state index contributed by atoms with van der Waals surface area (Å²) in [6.07, 6.45) is -6.18. The average Bonchev–Trinajstić information content (AvgIpc) is 2.53. The van der Waals surface area contributed by atoms with E-state index in [2.05, 4.69) is 5.32 Å². The van der Waals surface area contributed by atoms with Crippen molar-refractivity contribution in [1.82, 2.24) is 5.32 Å². The minimum Gasteiger partial charge on any atom is -0.465 e. The third-order valence-corrected chi connectivity index (χ3v) is 4.77. The van der Waals surface area contributed by atoms with Crippen LogP contribution in [0.5, 0.6) is 0 Å². The molecule has 166 valence electrons. The highest BCUT2D eigenvalue weighted by Crippen LogP contribution is 2.45. The van der Waals surface area contributed by atoms with Crippen molar-refractivity contribution in [2.75, 3.05) is 0 Å². The highest BCUT2D eigenvalue weighted by atomic mass is 19.4. The molecule has 2 N–H and O–H groups in total. The summed E-state index contributed by atoms with van der Waals surface area (Å²) in [5.41, 5.74) is -1.94. The number of carbonyl (C=O) groups is 3. The minimum atomic E-state index is -4.66. The maximum Gasteiger partial charge on any atom is 0.416 e. The van der Waals surface area contributed by atoms with Gasteiger partial charge in [-0.25, -0.2) is 4.79 Å². The fraction of sp³-hybridized carbons (Fsp3) is 0.550. The first kappa shape index (κ1) is 23.5. The number of hydrogen-bond donors (Lipinski definition) is 2. The quantitative estimate of drug-likeness (QED) is 0.549. The van der Waals surface area contributed by atoms with Gasteiger partial charge < -0.3 is 19.9 Å². The third kappa shape index (κ3) is 5.22. The molecule has 1 aromatic carbocycles. The number of nitrogens with one attached hydrogen (secondary N) is 1. The summed E-state index contributed by atoms with van der Waals surface area (Å²) < 4.78 is 50.0. The number of rotatable bonds is 4. The molecule has 30 heavy (non-hydrogen) atoms. The lowest BCUT2D eigenvalue weighted by molar-refractivity contribution is -0.245. The highest BCUT2D eigenvalue weighted by molar-refractivity contribution is 5.97. The zero-order valence-electron chi connectivity index (χ0n) is 17.2. The average molecular weight is 431 g/mol. The van der Waals surface area contributed by atoms with Crippen LogP contribution in [0.2, 0.25) is 0 Å². The second kappa shape index (κ2) is 7.81. The van der Waals surface area contributed by atoms with Crippen molar-refractivity contribution in [2.45, 2.75) is 52.6 Å². The predicted molar refractivity (Wildman–Crippen MR) is 98.0 cm³/mol. The van der Waals surface area contributed by atoms with Crippen LogP contribution >= 0.6 is 0 Å². The lowest BCUT2D eigenvalue weighted by Crippen LogP contribution is -2.54. The minimum absolute atomic E-state index is 0.0439. The number of hydrogen-bond acceptors (Lipinski definition) is 5. The second-order valence-electron chi connectivity index (χ2n) is 8.66. The summed E-state index contributed by atoms with van der Waals surface area (Å²) in [6, 6.07) is 2.76. The number of carbonyl (C=O) groups excluding carboxylic acids is 2. The van der Waals surface area contributed by atoms with Crippen molar-refractivity contribution in [3.05, 3.63) is 35.4 Å². The van der Waals surface area contributed by atoms with Crippen LogP contribution in [0.3, 0.4) is 0 Å². The van der Waals surface area contributed by atoms with E-state index in [-0.39, 0.29) is 5.56 Å². The van der Waals surface area contributed by atoms with E-state index in [9.17, 15) is 32.7 Å². The Morgan fingerprint density at radius 1 is 1.13 bits per heavy atom. The standard InChI is InChI=1S/C20H24F3NO6/c1-18(2,3)13(12-15(25)29-19(4,5)30-16(12)26)14(24-17(27)28)10-7-6-8-11(9-10)20(21,22)23/h6-9,12-14,24H,1-5H3,(H,27,28)/t13-,14?/m0/s1. The Hall–Kier alpha value is -2.78. The topological polar surface area (TPSA) is 102 Å². The number of cyclic esters (lactones) is 2. The van der Waals surface area contributed by atoms with Gasteiger partial charge in [-0.05, 0) is 23.1 Å². The van der Waals surface area contributed by atoms with Crippen LogP contribution in [0.1, 0.15) is 51.8 Å². The Morgan fingerprint density at radius 3 is 2.10 bits per heavy atom. The van der Waals surface area contributed by atoms with Crippen LogP contribution in [0, 0.1) is 17.3 Å². The molecule has 1 fully saturated rings. The molecular formula is C20H24F3NO6. The van der Waals surface area contributed by atoms with Gasteiger partial charge in [-0.15, -0.1) is 0 Å². The van der Waals surface area contributed by atoms with Crippen LogP contribution in [0.25, 0.3) is 0 Å². The highest BCUT2D eigenvalue weighted by Gasteiger charge is 2.53. The Bertz CT molecular complexity index is 824. The maximum atomic E-state index is 13.2. The molecule has 1 amide bonds. The summed E-state index contributed by atoms with van der Waals surface area (Å²) in [6.45, 7) is 7.65. The normalized spacial score (nSPS) is 19.5. The molecule has 0 bridgehead atoms. The van der Waals surface area contributed by atoms with Crippen molar-refractivity contribution >= 4 is 18.0 Å². The summed E-state index contributed by atoms with van der Waals surface area (Å²) in [7, 11) is 0. The number of alkyl halides is 3. The summed E-state index contributed by atoms with van der Waals surface area (Å²) >= 11 is 0. The third-order valence-electron chi connectivity index (χ3n) is 4.77. The van der Waals surface area contributed by atoms with Gasteiger partial charge >= 0.3 is 24.2 Å². The molecular weight excluding hydrogens is 407 g/mol. The first-order valence-corrected chi connectivity index (χ1v) is 9.15.